The summed E-state index contributed by atoms with van der Waals surface area (Å²) >= 11 is 5.90. The molecular formula is C20H19ClN2O. The Labute approximate surface area is 146 Å². The number of ketones is 1. The minimum Gasteiger partial charge on any atom is -0.399 e. The summed E-state index contributed by atoms with van der Waals surface area (Å²) in [5.74, 6) is 0.00947. The van der Waals surface area contributed by atoms with Gasteiger partial charge in [0, 0.05) is 35.4 Å². The number of halogens is 1. The minimum atomic E-state index is 0.00947. The maximum absolute atomic E-state index is 12.8. The van der Waals surface area contributed by atoms with E-state index in [-0.39, 0.29) is 5.78 Å². The van der Waals surface area contributed by atoms with E-state index in [0.29, 0.717) is 16.3 Å². The lowest BCUT2D eigenvalue weighted by molar-refractivity contribution is 0.103. The van der Waals surface area contributed by atoms with Crippen LogP contribution in [0.5, 0.6) is 0 Å². The first kappa shape index (κ1) is 16.3. The summed E-state index contributed by atoms with van der Waals surface area (Å²) in [6.07, 6.45) is 0.755. The van der Waals surface area contributed by atoms with Crippen LogP contribution in [0.2, 0.25) is 5.02 Å². The molecule has 0 spiro atoms. The highest BCUT2D eigenvalue weighted by atomic mass is 35.5. The van der Waals surface area contributed by atoms with E-state index in [9.17, 15) is 4.79 Å². The molecule has 3 nitrogen and oxygen atoms in total. The molecule has 3 rings (SSSR count). The Bertz CT molecular complexity index is 877. The molecule has 2 N–H and O–H groups in total. The van der Waals surface area contributed by atoms with Crippen molar-refractivity contribution in [3.63, 3.8) is 0 Å². The number of nitrogen functional groups attached to an aromatic ring is 1. The largest absolute Gasteiger partial charge is 0.399 e. The number of aromatic nitrogens is 1. The fourth-order valence-electron chi connectivity index (χ4n) is 2.91. The van der Waals surface area contributed by atoms with E-state index in [2.05, 4.69) is 6.07 Å². The molecule has 0 fully saturated rings. The van der Waals surface area contributed by atoms with Gasteiger partial charge in [-0.3, -0.25) is 4.79 Å². The lowest BCUT2D eigenvalue weighted by Gasteiger charge is -2.09. The fourth-order valence-corrected chi connectivity index (χ4v) is 3.03. The van der Waals surface area contributed by atoms with Crippen LogP contribution in [0.25, 0.3) is 0 Å². The van der Waals surface area contributed by atoms with E-state index in [0.717, 1.165) is 28.9 Å². The smallest absolute Gasteiger partial charge is 0.209 e. The Morgan fingerprint density at radius 3 is 2.33 bits per heavy atom. The first-order valence-corrected chi connectivity index (χ1v) is 8.13. The predicted octanol–water partition coefficient (Wildman–Crippen LogP) is 4.39. The predicted molar refractivity (Wildman–Crippen MR) is 98.7 cm³/mol. The van der Waals surface area contributed by atoms with Crippen molar-refractivity contribution in [2.45, 2.75) is 13.3 Å². The Kier molecular flexibility index (Phi) is 4.45. The van der Waals surface area contributed by atoms with Crippen LogP contribution in [0.1, 0.15) is 32.9 Å². The molecule has 24 heavy (non-hydrogen) atoms. The second kappa shape index (κ2) is 6.54. The summed E-state index contributed by atoms with van der Waals surface area (Å²) in [5, 5.41) is 0.624. The third kappa shape index (κ3) is 3.22. The van der Waals surface area contributed by atoms with E-state index in [1.165, 1.54) is 0 Å². The van der Waals surface area contributed by atoms with Gasteiger partial charge >= 0.3 is 0 Å². The van der Waals surface area contributed by atoms with Crippen LogP contribution in [-0.2, 0) is 13.5 Å². The molecule has 0 bridgehead atoms. The molecule has 3 aromatic rings. The standard InChI is InChI=1S/C20H19ClN2O/c1-13-11-18(12-14-3-9-17(22)10-4-14)23(2)19(13)20(24)15-5-7-16(21)8-6-15/h3-11H,12,22H2,1-2H3. The van der Waals surface area contributed by atoms with Crippen molar-refractivity contribution in [1.29, 1.82) is 0 Å². The maximum Gasteiger partial charge on any atom is 0.209 e. The number of hydrogen-bond acceptors (Lipinski definition) is 2. The molecule has 1 aromatic heterocycles. The number of aryl methyl sites for hydroxylation is 1. The van der Waals surface area contributed by atoms with Crippen LogP contribution in [0.15, 0.2) is 54.6 Å². The van der Waals surface area contributed by atoms with Gasteiger partial charge in [0.05, 0.1) is 5.69 Å². The van der Waals surface area contributed by atoms with Gasteiger partial charge in [-0.15, -0.1) is 0 Å². The van der Waals surface area contributed by atoms with Gasteiger partial charge in [-0.2, -0.15) is 0 Å². The van der Waals surface area contributed by atoms with Crippen molar-refractivity contribution in [3.8, 4) is 0 Å². The summed E-state index contributed by atoms with van der Waals surface area (Å²) in [6.45, 7) is 1.97. The van der Waals surface area contributed by atoms with Gasteiger partial charge in [-0.1, -0.05) is 23.7 Å². The Morgan fingerprint density at radius 2 is 1.71 bits per heavy atom. The third-order valence-corrected chi connectivity index (χ3v) is 4.46. The Hall–Kier alpha value is -2.52. The molecule has 122 valence electrons. The average molecular weight is 339 g/mol. The first-order chi connectivity index (χ1) is 11.5. The van der Waals surface area contributed by atoms with E-state index in [1.807, 2.05) is 42.8 Å². The lowest BCUT2D eigenvalue weighted by atomic mass is 10.1. The summed E-state index contributed by atoms with van der Waals surface area (Å²) in [4.78, 5) is 12.8. The minimum absolute atomic E-state index is 0.00947. The number of anilines is 1. The van der Waals surface area contributed by atoms with Gasteiger partial charge in [-0.25, -0.2) is 0 Å². The zero-order chi connectivity index (χ0) is 17.3. The number of carbonyl (C=O) groups excluding carboxylic acids is 1. The van der Waals surface area contributed by atoms with E-state index in [4.69, 9.17) is 17.3 Å². The van der Waals surface area contributed by atoms with Crippen molar-refractivity contribution in [1.82, 2.24) is 4.57 Å². The van der Waals surface area contributed by atoms with Gasteiger partial charge in [0.2, 0.25) is 5.78 Å². The zero-order valence-corrected chi connectivity index (χ0v) is 14.5. The molecule has 2 aromatic carbocycles. The molecule has 0 aliphatic carbocycles. The van der Waals surface area contributed by atoms with Crippen LogP contribution in [0.3, 0.4) is 0 Å². The molecule has 0 atom stereocenters. The van der Waals surface area contributed by atoms with Crippen LogP contribution < -0.4 is 5.73 Å². The van der Waals surface area contributed by atoms with Gasteiger partial charge in [0.15, 0.2) is 0 Å². The van der Waals surface area contributed by atoms with Crippen molar-refractivity contribution in [3.05, 3.63) is 87.7 Å². The number of carbonyl (C=O) groups is 1. The molecule has 0 aliphatic rings. The zero-order valence-electron chi connectivity index (χ0n) is 13.7. The third-order valence-electron chi connectivity index (χ3n) is 4.21. The molecule has 0 saturated heterocycles. The molecule has 0 aliphatic heterocycles. The van der Waals surface area contributed by atoms with Crippen LogP contribution in [0.4, 0.5) is 5.69 Å². The highest BCUT2D eigenvalue weighted by Gasteiger charge is 2.18. The topological polar surface area (TPSA) is 48.0 Å². The quantitative estimate of drug-likeness (QED) is 0.566. The van der Waals surface area contributed by atoms with Gasteiger partial charge in [0.25, 0.3) is 0 Å². The molecule has 0 radical (unpaired) electrons. The van der Waals surface area contributed by atoms with E-state index >= 15 is 0 Å². The van der Waals surface area contributed by atoms with Gasteiger partial charge in [0.1, 0.15) is 0 Å². The number of benzene rings is 2. The summed E-state index contributed by atoms with van der Waals surface area (Å²) in [6, 6.07) is 16.9. The number of rotatable bonds is 4. The van der Waals surface area contributed by atoms with Crippen LogP contribution >= 0.6 is 11.6 Å². The van der Waals surface area contributed by atoms with Crippen molar-refractivity contribution in [2.24, 2.45) is 7.05 Å². The number of nitrogens with two attached hydrogens (primary N) is 1. The Balaban J connectivity index is 1.92. The highest BCUT2D eigenvalue weighted by Crippen LogP contribution is 2.21. The number of hydrogen-bond donors (Lipinski definition) is 1. The SMILES string of the molecule is Cc1cc(Cc2ccc(N)cc2)n(C)c1C(=O)c1ccc(Cl)cc1. The molecule has 0 unspecified atom stereocenters. The normalized spacial score (nSPS) is 10.8. The second-order valence-corrected chi connectivity index (χ2v) is 6.42. The molecule has 0 amide bonds. The van der Waals surface area contributed by atoms with E-state index in [1.54, 1.807) is 24.3 Å². The average Bonchev–Trinajstić information content (AvgIpc) is 2.83. The highest BCUT2D eigenvalue weighted by molar-refractivity contribution is 6.30. The number of nitrogens with zero attached hydrogens (tertiary/aromatic N) is 1. The molecule has 4 heteroatoms. The van der Waals surface area contributed by atoms with Crippen LogP contribution in [-0.4, -0.2) is 10.4 Å². The second-order valence-electron chi connectivity index (χ2n) is 5.98. The molecular weight excluding hydrogens is 320 g/mol. The first-order valence-electron chi connectivity index (χ1n) is 7.75. The monoisotopic (exact) mass is 338 g/mol. The lowest BCUT2D eigenvalue weighted by Crippen LogP contribution is -2.10. The molecule has 1 heterocycles. The van der Waals surface area contributed by atoms with Crippen molar-refractivity contribution in [2.75, 3.05) is 5.73 Å². The summed E-state index contributed by atoms with van der Waals surface area (Å²) in [7, 11) is 1.93. The van der Waals surface area contributed by atoms with Gasteiger partial charge in [-0.05, 0) is 60.5 Å². The maximum atomic E-state index is 12.8. The summed E-state index contributed by atoms with van der Waals surface area (Å²) < 4.78 is 1.97. The van der Waals surface area contributed by atoms with Crippen molar-refractivity contribution >= 4 is 23.1 Å². The molecule has 0 saturated carbocycles. The Morgan fingerprint density at radius 1 is 1.08 bits per heavy atom. The van der Waals surface area contributed by atoms with Gasteiger partial charge < -0.3 is 10.3 Å². The van der Waals surface area contributed by atoms with Crippen molar-refractivity contribution < 1.29 is 4.79 Å². The van der Waals surface area contributed by atoms with Crippen LogP contribution in [0, 0.1) is 6.92 Å². The fraction of sp³-hybridized carbons (Fsp3) is 0.150. The van der Waals surface area contributed by atoms with E-state index < -0.39 is 0 Å². The summed E-state index contributed by atoms with van der Waals surface area (Å²) in [5.41, 5.74) is 11.1.